The highest BCUT2D eigenvalue weighted by Gasteiger charge is 2.50. The highest BCUT2D eigenvalue weighted by Crippen LogP contribution is 2.57. The molecule has 0 aliphatic heterocycles. The van der Waals surface area contributed by atoms with E-state index in [2.05, 4.69) is 11.5 Å². The molecule has 0 aromatic rings. The molecule has 0 aromatic carbocycles. The zero-order valence-electron chi connectivity index (χ0n) is 9.02. The van der Waals surface area contributed by atoms with E-state index < -0.39 is 0 Å². The lowest BCUT2D eigenvalue weighted by atomic mass is 9.50. The zero-order chi connectivity index (χ0) is 10.4. The molecule has 4 aliphatic carbocycles. The number of hydrogen-bond donors (Lipinski definition) is 2. The van der Waals surface area contributed by atoms with Gasteiger partial charge in [-0.3, -0.25) is 5.84 Å². The van der Waals surface area contributed by atoms with Crippen molar-refractivity contribution in [3.63, 3.8) is 0 Å². The molecular formula is C12H19N3. The largest absolute Gasteiger partial charge is 0.270 e. The molecule has 4 bridgehead atoms. The van der Waals surface area contributed by atoms with E-state index in [0.29, 0.717) is 5.92 Å². The minimum absolute atomic E-state index is 0.111. The average Bonchev–Trinajstić information content (AvgIpc) is 2.22. The van der Waals surface area contributed by atoms with Crippen molar-refractivity contribution in [3.05, 3.63) is 0 Å². The normalized spacial score (nSPS) is 48.9. The molecule has 3 N–H and O–H groups in total. The second-order valence-electron chi connectivity index (χ2n) is 5.78. The third-order valence-corrected chi connectivity index (χ3v) is 5.00. The van der Waals surface area contributed by atoms with Crippen molar-refractivity contribution in [2.24, 2.45) is 35.4 Å². The van der Waals surface area contributed by atoms with Gasteiger partial charge in [-0.2, -0.15) is 5.26 Å². The summed E-state index contributed by atoms with van der Waals surface area (Å²) < 4.78 is 0. The quantitative estimate of drug-likeness (QED) is 0.529. The molecule has 3 nitrogen and oxygen atoms in total. The van der Waals surface area contributed by atoms with Crippen molar-refractivity contribution in [3.8, 4) is 6.07 Å². The number of nitrogens with zero attached hydrogens (tertiary/aromatic N) is 1. The van der Waals surface area contributed by atoms with Crippen molar-refractivity contribution in [1.29, 1.82) is 5.26 Å². The molecule has 0 saturated heterocycles. The Morgan fingerprint density at radius 2 is 1.60 bits per heavy atom. The predicted octanol–water partition coefficient (Wildman–Crippen LogP) is 1.41. The van der Waals surface area contributed by atoms with Crippen molar-refractivity contribution in [2.75, 3.05) is 0 Å². The molecule has 0 amide bonds. The van der Waals surface area contributed by atoms with Crippen LogP contribution in [0.2, 0.25) is 0 Å². The second kappa shape index (κ2) is 3.47. The first-order chi connectivity index (χ1) is 7.31. The van der Waals surface area contributed by atoms with E-state index in [4.69, 9.17) is 11.1 Å². The minimum atomic E-state index is -0.111. The fourth-order valence-electron chi connectivity index (χ4n) is 4.75. The van der Waals surface area contributed by atoms with Gasteiger partial charge in [0.2, 0.25) is 0 Å². The summed E-state index contributed by atoms with van der Waals surface area (Å²) in [6, 6.07) is 2.23. The van der Waals surface area contributed by atoms with E-state index in [9.17, 15) is 0 Å². The predicted molar refractivity (Wildman–Crippen MR) is 57.3 cm³/mol. The zero-order valence-corrected chi connectivity index (χ0v) is 9.02. The van der Waals surface area contributed by atoms with E-state index in [0.717, 1.165) is 23.7 Å². The topological polar surface area (TPSA) is 61.8 Å². The molecule has 0 spiro atoms. The Morgan fingerprint density at radius 1 is 1.07 bits per heavy atom. The average molecular weight is 205 g/mol. The smallest absolute Gasteiger partial charge is 0.111 e. The van der Waals surface area contributed by atoms with Crippen LogP contribution in [-0.4, -0.2) is 6.04 Å². The lowest BCUT2D eigenvalue weighted by Crippen LogP contribution is -2.53. The SMILES string of the molecule is N#CC(NN)C1C2CC3CC(C2)CC1C3. The summed E-state index contributed by atoms with van der Waals surface area (Å²) >= 11 is 0. The van der Waals surface area contributed by atoms with Crippen LogP contribution in [0.3, 0.4) is 0 Å². The molecule has 1 atom stereocenters. The van der Waals surface area contributed by atoms with Crippen LogP contribution in [0.25, 0.3) is 0 Å². The first-order valence-electron chi connectivity index (χ1n) is 6.17. The van der Waals surface area contributed by atoms with Gasteiger partial charge in [-0.25, -0.2) is 5.43 Å². The van der Waals surface area contributed by atoms with Gasteiger partial charge in [0.15, 0.2) is 0 Å². The Morgan fingerprint density at radius 3 is 2.00 bits per heavy atom. The van der Waals surface area contributed by atoms with Crippen LogP contribution in [0.4, 0.5) is 0 Å². The highest BCUT2D eigenvalue weighted by atomic mass is 15.2. The van der Waals surface area contributed by atoms with Gasteiger partial charge >= 0.3 is 0 Å². The standard InChI is InChI=1S/C12H19N3/c13-6-11(15-14)12-9-2-7-1-8(4-9)5-10(12)3-7/h7-12,15H,1-5,14H2. The van der Waals surface area contributed by atoms with Crippen molar-refractivity contribution < 1.29 is 0 Å². The Kier molecular flexibility index (Phi) is 2.22. The number of nitrogens with one attached hydrogen (secondary N) is 1. The molecular weight excluding hydrogens is 186 g/mol. The summed E-state index contributed by atoms with van der Waals surface area (Å²) in [4.78, 5) is 0. The van der Waals surface area contributed by atoms with Crippen LogP contribution in [0.15, 0.2) is 0 Å². The Hall–Kier alpha value is -0.590. The number of hydrazine groups is 1. The number of nitrogens with two attached hydrogens (primary N) is 1. The van der Waals surface area contributed by atoms with Gasteiger partial charge in [0.05, 0.1) is 6.07 Å². The summed E-state index contributed by atoms with van der Waals surface area (Å²) in [5.74, 6) is 9.53. The molecule has 3 heteroatoms. The van der Waals surface area contributed by atoms with Crippen LogP contribution in [0.5, 0.6) is 0 Å². The lowest BCUT2D eigenvalue weighted by molar-refractivity contribution is -0.0443. The van der Waals surface area contributed by atoms with E-state index in [1.165, 1.54) is 32.1 Å². The van der Waals surface area contributed by atoms with Crippen LogP contribution in [-0.2, 0) is 0 Å². The maximum absolute atomic E-state index is 9.12. The fourth-order valence-corrected chi connectivity index (χ4v) is 4.75. The summed E-state index contributed by atoms with van der Waals surface area (Å²) in [6.07, 6.45) is 6.90. The van der Waals surface area contributed by atoms with Gasteiger partial charge in [-0.15, -0.1) is 0 Å². The molecule has 4 aliphatic rings. The Bertz CT molecular complexity index is 266. The molecule has 0 heterocycles. The first-order valence-corrected chi connectivity index (χ1v) is 6.17. The van der Waals surface area contributed by atoms with Gasteiger partial charge in [-0.1, -0.05) is 0 Å². The molecule has 15 heavy (non-hydrogen) atoms. The third-order valence-electron chi connectivity index (χ3n) is 5.00. The second-order valence-corrected chi connectivity index (χ2v) is 5.78. The van der Waals surface area contributed by atoms with E-state index >= 15 is 0 Å². The summed E-state index contributed by atoms with van der Waals surface area (Å²) in [5, 5.41) is 9.12. The summed E-state index contributed by atoms with van der Waals surface area (Å²) in [7, 11) is 0. The Balaban J connectivity index is 1.83. The monoisotopic (exact) mass is 205 g/mol. The molecule has 4 rings (SSSR count). The van der Waals surface area contributed by atoms with Gasteiger partial charge < -0.3 is 0 Å². The van der Waals surface area contributed by atoms with Crippen molar-refractivity contribution >= 4 is 0 Å². The molecule has 82 valence electrons. The minimum Gasteiger partial charge on any atom is -0.270 e. The van der Waals surface area contributed by atoms with Gasteiger partial charge in [0.25, 0.3) is 0 Å². The van der Waals surface area contributed by atoms with Gasteiger partial charge in [-0.05, 0) is 61.7 Å². The number of rotatable bonds is 2. The van der Waals surface area contributed by atoms with E-state index in [-0.39, 0.29) is 6.04 Å². The van der Waals surface area contributed by atoms with E-state index in [1.807, 2.05) is 0 Å². The van der Waals surface area contributed by atoms with Crippen LogP contribution >= 0.6 is 0 Å². The lowest BCUT2D eigenvalue weighted by Gasteiger charge is -2.55. The molecule has 1 unspecified atom stereocenters. The first kappa shape index (κ1) is 9.62. The molecule has 0 aromatic heterocycles. The molecule has 0 radical (unpaired) electrons. The summed E-state index contributed by atoms with van der Waals surface area (Å²) in [6.45, 7) is 0. The number of hydrogen-bond acceptors (Lipinski definition) is 3. The highest BCUT2D eigenvalue weighted by molar-refractivity contribution is 5.06. The van der Waals surface area contributed by atoms with Crippen molar-refractivity contribution in [2.45, 2.75) is 38.1 Å². The molecule has 4 saturated carbocycles. The van der Waals surface area contributed by atoms with Gasteiger partial charge in [0.1, 0.15) is 6.04 Å². The summed E-state index contributed by atoms with van der Waals surface area (Å²) in [5.41, 5.74) is 2.72. The van der Waals surface area contributed by atoms with Crippen LogP contribution in [0, 0.1) is 40.9 Å². The van der Waals surface area contributed by atoms with Crippen molar-refractivity contribution in [1.82, 2.24) is 5.43 Å². The fraction of sp³-hybridized carbons (Fsp3) is 0.917. The third kappa shape index (κ3) is 1.39. The maximum Gasteiger partial charge on any atom is 0.111 e. The number of nitriles is 1. The molecule has 4 fully saturated rings. The Labute approximate surface area is 91.0 Å². The van der Waals surface area contributed by atoms with Gasteiger partial charge in [0, 0.05) is 0 Å². The maximum atomic E-state index is 9.12. The van der Waals surface area contributed by atoms with Crippen LogP contribution < -0.4 is 11.3 Å². The van der Waals surface area contributed by atoms with Crippen LogP contribution in [0.1, 0.15) is 32.1 Å². The van der Waals surface area contributed by atoms with E-state index in [1.54, 1.807) is 0 Å².